The summed E-state index contributed by atoms with van der Waals surface area (Å²) in [6.45, 7) is 13.7. The lowest BCUT2D eigenvalue weighted by molar-refractivity contribution is 0.0697. The number of H-pyrrole nitrogens is 1. The van der Waals surface area contributed by atoms with Crippen molar-refractivity contribution in [3.8, 4) is 0 Å². The molecule has 2 N–H and O–H groups in total. The number of hydrogen-bond acceptors (Lipinski definition) is 3. The van der Waals surface area contributed by atoms with Crippen molar-refractivity contribution in [3.63, 3.8) is 0 Å². The van der Waals surface area contributed by atoms with Gasteiger partial charge in [0.25, 0.3) is 0 Å². The highest BCUT2D eigenvalue weighted by Gasteiger charge is 2.23. The molecule has 0 spiro atoms. The summed E-state index contributed by atoms with van der Waals surface area (Å²) in [4.78, 5) is 22.3. The number of nitrogens with one attached hydrogen (secondary N) is 1. The summed E-state index contributed by atoms with van der Waals surface area (Å²) in [6, 6.07) is 4.98. The van der Waals surface area contributed by atoms with Crippen LogP contribution in [-0.4, -0.2) is 30.6 Å². The van der Waals surface area contributed by atoms with Crippen LogP contribution in [0.5, 0.6) is 0 Å². The molecule has 33 heavy (non-hydrogen) atoms. The van der Waals surface area contributed by atoms with E-state index in [-0.39, 0.29) is 22.4 Å². The van der Waals surface area contributed by atoms with Crippen molar-refractivity contribution in [3.05, 3.63) is 58.9 Å². The van der Waals surface area contributed by atoms with E-state index in [9.17, 15) is 18.0 Å². The number of fused-ring (bicyclic) bond motifs is 2. The van der Waals surface area contributed by atoms with Gasteiger partial charge in [-0.25, -0.2) is 27.9 Å². The number of imidazole rings is 2. The second-order valence-corrected chi connectivity index (χ2v) is 6.26. The van der Waals surface area contributed by atoms with E-state index in [0.29, 0.717) is 22.9 Å². The van der Waals surface area contributed by atoms with E-state index in [2.05, 4.69) is 15.0 Å². The fourth-order valence-electron chi connectivity index (χ4n) is 3.14. The Balaban J connectivity index is 0.000000841. The first-order valence-electron chi connectivity index (χ1n) is 11.0. The van der Waals surface area contributed by atoms with Gasteiger partial charge in [0.2, 0.25) is 0 Å². The Morgan fingerprint density at radius 2 is 1.61 bits per heavy atom. The Morgan fingerprint density at radius 3 is 2.18 bits per heavy atom. The third-order valence-corrected chi connectivity index (χ3v) is 4.59. The molecule has 0 bridgehead atoms. The summed E-state index contributed by atoms with van der Waals surface area (Å²) < 4.78 is 43.0. The Bertz CT molecular complexity index is 1230. The normalized spacial score (nSPS) is 11.0. The minimum Gasteiger partial charge on any atom is -0.478 e. The maximum atomic E-state index is 13.9. The third kappa shape index (κ3) is 5.35. The molecule has 4 rings (SSSR count). The van der Waals surface area contributed by atoms with Crippen molar-refractivity contribution < 1.29 is 23.1 Å². The molecule has 0 fully saturated rings. The number of rotatable bonds is 3. The summed E-state index contributed by atoms with van der Waals surface area (Å²) in [5.41, 5.74) is 0.650. The quantitative estimate of drug-likeness (QED) is 0.327. The minimum atomic E-state index is -1.30. The predicted molar refractivity (Wildman–Crippen MR) is 125 cm³/mol. The van der Waals surface area contributed by atoms with Gasteiger partial charge in [0.05, 0.1) is 22.5 Å². The number of carboxylic acid groups (broad SMARTS) is 1. The van der Waals surface area contributed by atoms with Crippen molar-refractivity contribution in [2.45, 2.75) is 54.4 Å². The van der Waals surface area contributed by atoms with Crippen molar-refractivity contribution in [1.29, 1.82) is 0 Å². The summed E-state index contributed by atoms with van der Waals surface area (Å²) in [5, 5.41) is 9.14. The van der Waals surface area contributed by atoms with E-state index in [1.165, 1.54) is 12.1 Å². The Kier molecular flexibility index (Phi) is 10.1. The zero-order chi connectivity index (χ0) is 25.5. The van der Waals surface area contributed by atoms with Crippen LogP contribution in [0.3, 0.4) is 0 Å². The van der Waals surface area contributed by atoms with Gasteiger partial charge in [0.15, 0.2) is 17.5 Å². The van der Waals surface area contributed by atoms with Gasteiger partial charge in [0.1, 0.15) is 22.7 Å². The molecule has 9 heteroatoms. The molecule has 0 radical (unpaired) electrons. The van der Waals surface area contributed by atoms with E-state index in [4.69, 9.17) is 5.11 Å². The summed E-state index contributed by atoms with van der Waals surface area (Å²) in [7, 11) is 1.70. The van der Waals surface area contributed by atoms with Gasteiger partial charge in [0, 0.05) is 13.1 Å². The maximum Gasteiger partial charge on any atom is 0.335 e. The van der Waals surface area contributed by atoms with Crippen LogP contribution in [0.25, 0.3) is 22.1 Å². The van der Waals surface area contributed by atoms with Crippen molar-refractivity contribution in [1.82, 2.24) is 19.5 Å². The molecule has 2 aromatic heterocycles. The smallest absolute Gasteiger partial charge is 0.335 e. The van der Waals surface area contributed by atoms with Crippen molar-refractivity contribution in [2.24, 2.45) is 7.05 Å². The van der Waals surface area contributed by atoms with Crippen LogP contribution in [0.2, 0.25) is 0 Å². The lowest BCUT2D eigenvalue weighted by atomic mass is 10.1. The number of aryl methyl sites for hydroxylation is 1. The number of carboxylic acids is 1. The maximum absolute atomic E-state index is 13.9. The molecule has 0 aliphatic carbocycles. The molecule has 0 amide bonds. The van der Waals surface area contributed by atoms with Gasteiger partial charge in [-0.3, -0.25) is 0 Å². The molecule has 2 aromatic carbocycles. The Morgan fingerprint density at radius 1 is 1.00 bits per heavy atom. The molecule has 0 saturated carbocycles. The number of aromatic carboxylic acids is 1. The number of benzene rings is 2. The molecule has 180 valence electrons. The highest BCUT2D eigenvalue weighted by atomic mass is 19.2. The minimum absolute atomic E-state index is 0.119. The second kappa shape index (κ2) is 12.0. The highest BCUT2D eigenvalue weighted by Crippen LogP contribution is 2.29. The van der Waals surface area contributed by atoms with Gasteiger partial charge in [-0.05, 0) is 25.1 Å². The van der Waals surface area contributed by atoms with E-state index in [1.54, 1.807) is 24.6 Å². The monoisotopic (exact) mass is 464 g/mol. The van der Waals surface area contributed by atoms with Crippen LogP contribution in [0, 0.1) is 17.5 Å². The summed E-state index contributed by atoms with van der Waals surface area (Å²) >= 11 is 0. The zero-order valence-corrected chi connectivity index (χ0v) is 20.2. The lowest BCUT2D eigenvalue weighted by Gasteiger charge is -2.08. The number of halogens is 3. The van der Waals surface area contributed by atoms with E-state index in [0.717, 1.165) is 0 Å². The Labute approximate surface area is 191 Å². The molecular weight excluding hydrogens is 433 g/mol. The largest absolute Gasteiger partial charge is 0.478 e. The number of carbonyl (C=O) groups is 1. The molecule has 1 atom stereocenters. The van der Waals surface area contributed by atoms with Crippen LogP contribution in [0.4, 0.5) is 13.2 Å². The van der Waals surface area contributed by atoms with Crippen molar-refractivity contribution in [2.75, 3.05) is 0 Å². The summed E-state index contributed by atoms with van der Waals surface area (Å²) in [6.07, 6.45) is 0. The number of nitrogens with zero attached hydrogens (tertiary/aromatic N) is 3. The Hall–Kier alpha value is -3.36. The topological polar surface area (TPSA) is 83.8 Å². The number of aromatic nitrogens is 4. The first-order chi connectivity index (χ1) is 15.8. The predicted octanol–water partition coefficient (Wildman–Crippen LogP) is 6.80. The van der Waals surface area contributed by atoms with E-state index < -0.39 is 29.3 Å². The van der Waals surface area contributed by atoms with Crippen LogP contribution >= 0.6 is 0 Å². The fourth-order valence-corrected chi connectivity index (χ4v) is 3.14. The van der Waals surface area contributed by atoms with Crippen LogP contribution in [-0.2, 0) is 7.05 Å². The molecular formula is C24H31F3N4O2. The van der Waals surface area contributed by atoms with Gasteiger partial charge >= 0.3 is 5.97 Å². The van der Waals surface area contributed by atoms with Crippen LogP contribution in [0.15, 0.2) is 24.3 Å². The first kappa shape index (κ1) is 27.7. The van der Waals surface area contributed by atoms with E-state index in [1.807, 2.05) is 41.5 Å². The summed E-state index contributed by atoms with van der Waals surface area (Å²) in [5.74, 6) is -4.31. The lowest BCUT2D eigenvalue weighted by Crippen LogP contribution is -2.06. The first-order valence-corrected chi connectivity index (χ1v) is 11.0. The zero-order valence-electron chi connectivity index (χ0n) is 20.2. The molecule has 4 aromatic rings. The van der Waals surface area contributed by atoms with Gasteiger partial charge in [-0.2, -0.15) is 0 Å². The van der Waals surface area contributed by atoms with Gasteiger partial charge < -0.3 is 14.7 Å². The standard InChI is InChI=1S/C18H13F3N4O2.3C2H6/c1-7(16-23-14-10(20)6-9(19)13(21)15(14)24-16)17-22-11-4-3-8(18(26)27)5-12(11)25(17)2;3*1-2/h3-7H,1-2H3,(H,23,24)(H,26,27);3*1-2H3. The molecule has 2 heterocycles. The molecule has 1 unspecified atom stereocenters. The van der Waals surface area contributed by atoms with E-state index >= 15 is 0 Å². The molecule has 0 aliphatic rings. The van der Waals surface area contributed by atoms with Crippen LogP contribution < -0.4 is 0 Å². The number of hydrogen-bond donors (Lipinski definition) is 2. The third-order valence-electron chi connectivity index (χ3n) is 4.59. The SMILES string of the molecule is CC.CC.CC.CC(c1nc2c(F)cc(F)c(F)c2[nH]1)c1nc2ccc(C(=O)O)cc2n1C. The average molecular weight is 465 g/mol. The fraction of sp³-hybridized carbons (Fsp3) is 0.375. The highest BCUT2D eigenvalue weighted by molar-refractivity contribution is 5.92. The molecule has 6 nitrogen and oxygen atoms in total. The molecule has 0 saturated heterocycles. The van der Waals surface area contributed by atoms with Crippen molar-refractivity contribution >= 4 is 28.0 Å². The van der Waals surface area contributed by atoms with Crippen LogP contribution in [0.1, 0.15) is 76.4 Å². The number of aromatic amines is 1. The van der Waals surface area contributed by atoms with Gasteiger partial charge in [-0.1, -0.05) is 41.5 Å². The second-order valence-electron chi connectivity index (χ2n) is 6.26. The molecule has 0 aliphatic heterocycles. The van der Waals surface area contributed by atoms with Gasteiger partial charge in [-0.15, -0.1) is 0 Å². The average Bonchev–Trinajstić information content (AvgIpc) is 3.43.